The molecule has 0 radical (unpaired) electrons. The summed E-state index contributed by atoms with van der Waals surface area (Å²) in [6, 6.07) is 19.4. The summed E-state index contributed by atoms with van der Waals surface area (Å²) in [6.07, 6.45) is 5.35. The number of hydrogen-bond acceptors (Lipinski definition) is 3. The van der Waals surface area contributed by atoms with Crippen LogP contribution in [-0.2, 0) is 7.05 Å². The lowest BCUT2D eigenvalue weighted by Gasteiger charge is -2.23. The standard InChI is InChI=1S/C24H25N3O2/c1-27-24(29)21(23(28)25-19-15-9-4-10-16-19)20(17-11-5-2-6-12-17)22(26-27)18-13-7-3-8-14-18/h2-3,5-8,11-14,19H,4,9-10,15-16H2,1H3,(H,25,28). The molecule has 1 saturated carbocycles. The summed E-state index contributed by atoms with van der Waals surface area (Å²) in [7, 11) is 1.60. The molecule has 2 aromatic carbocycles. The number of nitrogens with one attached hydrogen (secondary N) is 1. The van der Waals surface area contributed by atoms with E-state index in [0.29, 0.717) is 11.3 Å². The molecule has 4 rings (SSSR count). The molecule has 5 nitrogen and oxygen atoms in total. The molecule has 0 atom stereocenters. The van der Waals surface area contributed by atoms with E-state index in [0.717, 1.165) is 36.8 Å². The highest BCUT2D eigenvalue weighted by Gasteiger charge is 2.26. The van der Waals surface area contributed by atoms with Crippen molar-refractivity contribution in [1.29, 1.82) is 0 Å². The first-order chi connectivity index (χ1) is 14.1. The predicted molar refractivity (Wildman–Crippen MR) is 115 cm³/mol. The summed E-state index contributed by atoms with van der Waals surface area (Å²) in [5, 5.41) is 7.65. The van der Waals surface area contributed by atoms with Gasteiger partial charge in [-0.15, -0.1) is 0 Å². The van der Waals surface area contributed by atoms with E-state index in [4.69, 9.17) is 0 Å². The molecule has 0 spiro atoms. The average molecular weight is 387 g/mol. The molecule has 1 aliphatic carbocycles. The summed E-state index contributed by atoms with van der Waals surface area (Å²) >= 11 is 0. The quantitative estimate of drug-likeness (QED) is 0.730. The maximum Gasteiger partial charge on any atom is 0.280 e. The van der Waals surface area contributed by atoms with Gasteiger partial charge in [-0.2, -0.15) is 5.10 Å². The van der Waals surface area contributed by atoms with E-state index in [1.165, 1.54) is 11.1 Å². The Bertz CT molecular complexity index is 1050. The molecule has 148 valence electrons. The summed E-state index contributed by atoms with van der Waals surface area (Å²) in [5.74, 6) is -0.309. The van der Waals surface area contributed by atoms with Crippen LogP contribution in [0.4, 0.5) is 0 Å². The molecule has 3 aromatic rings. The Balaban J connectivity index is 1.90. The number of rotatable bonds is 4. The number of aromatic nitrogens is 2. The second kappa shape index (κ2) is 8.43. The van der Waals surface area contributed by atoms with Crippen molar-refractivity contribution in [2.75, 3.05) is 0 Å². The lowest BCUT2D eigenvalue weighted by Crippen LogP contribution is -2.40. The Kier molecular flexibility index (Phi) is 5.56. The molecule has 29 heavy (non-hydrogen) atoms. The molecule has 0 bridgehead atoms. The molecule has 1 fully saturated rings. The van der Waals surface area contributed by atoms with Crippen molar-refractivity contribution in [1.82, 2.24) is 15.1 Å². The summed E-state index contributed by atoms with van der Waals surface area (Å²) < 4.78 is 1.27. The van der Waals surface area contributed by atoms with E-state index in [9.17, 15) is 9.59 Å². The van der Waals surface area contributed by atoms with E-state index < -0.39 is 0 Å². The van der Waals surface area contributed by atoms with Crippen molar-refractivity contribution in [3.8, 4) is 22.4 Å². The van der Waals surface area contributed by atoms with Gasteiger partial charge in [-0.1, -0.05) is 79.9 Å². The zero-order valence-corrected chi connectivity index (χ0v) is 16.6. The Morgan fingerprint density at radius 1 is 0.931 bits per heavy atom. The molecule has 1 aromatic heterocycles. The third-order valence-electron chi connectivity index (χ3n) is 5.52. The van der Waals surface area contributed by atoms with Crippen LogP contribution < -0.4 is 10.9 Å². The van der Waals surface area contributed by atoms with Gasteiger partial charge in [0, 0.05) is 24.2 Å². The molecule has 1 aliphatic rings. The van der Waals surface area contributed by atoms with E-state index in [1.54, 1.807) is 7.05 Å². The summed E-state index contributed by atoms with van der Waals surface area (Å²) in [5.41, 5.74) is 2.69. The van der Waals surface area contributed by atoms with Gasteiger partial charge in [-0.05, 0) is 18.4 Å². The fraction of sp³-hybridized carbons (Fsp3) is 0.292. The molecule has 1 amide bonds. The van der Waals surface area contributed by atoms with Gasteiger partial charge < -0.3 is 5.32 Å². The van der Waals surface area contributed by atoms with Crippen LogP contribution in [-0.4, -0.2) is 21.7 Å². The number of hydrogen-bond donors (Lipinski definition) is 1. The number of benzene rings is 2. The molecule has 5 heteroatoms. The Hall–Kier alpha value is -3.21. The summed E-state index contributed by atoms with van der Waals surface area (Å²) in [4.78, 5) is 26.4. The minimum Gasteiger partial charge on any atom is -0.349 e. The van der Waals surface area contributed by atoms with Gasteiger partial charge in [0.25, 0.3) is 11.5 Å². The van der Waals surface area contributed by atoms with Gasteiger partial charge in [0.1, 0.15) is 5.56 Å². The zero-order valence-electron chi connectivity index (χ0n) is 16.6. The van der Waals surface area contributed by atoms with Crippen LogP contribution in [0.5, 0.6) is 0 Å². The average Bonchev–Trinajstić information content (AvgIpc) is 2.77. The monoisotopic (exact) mass is 387 g/mol. The van der Waals surface area contributed by atoms with Gasteiger partial charge >= 0.3 is 0 Å². The topological polar surface area (TPSA) is 64.0 Å². The van der Waals surface area contributed by atoms with Crippen LogP contribution in [0.3, 0.4) is 0 Å². The van der Waals surface area contributed by atoms with Gasteiger partial charge in [0.15, 0.2) is 0 Å². The van der Waals surface area contributed by atoms with E-state index in [1.807, 2.05) is 60.7 Å². The SMILES string of the molecule is Cn1nc(-c2ccccc2)c(-c2ccccc2)c(C(=O)NC2CCCCC2)c1=O. The molecule has 0 saturated heterocycles. The van der Waals surface area contributed by atoms with Crippen LogP contribution >= 0.6 is 0 Å². The van der Waals surface area contributed by atoms with E-state index >= 15 is 0 Å². The molecule has 1 N–H and O–H groups in total. The van der Waals surface area contributed by atoms with Crippen LogP contribution in [0.1, 0.15) is 42.5 Å². The number of nitrogens with zero attached hydrogens (tertiary/aromatic N) is 2. The first kappa shape index (κ1) is 19.1. The minimum atomic E-state index is -0.378. The van der Waals surface area contributed by atoms with Crippen molar-refractivity contribution >= 4 is 5.91 Å². The molecule has 1 heterocycles. The maximum absolute atomic E-state index is 13.3. The first-order valence-electron chi connectivity index (χ1n) is 10.2. The highest BCUT2D eigenvalue weighted by molar-refractivity contribution is 6.03. The van der Waals surface area contributed by atoms with Gasteiger partial charge in [0.2, 0.25) is 0 Å². The van der Waals surface area contributed by atoms with Crippen molar-refractivity contribution < 1.29 is 4.79 Å². The third-order valence-corrected chi connectivity index (χ3v) is 5.52. The Morgan fingerprint density at radius 3 is 2.14 bits per heavy atom. The molecule has 0 aliphatic heterocycles. The number of amides is 1. The Morgan fingerprint density at radius 2 is 1.52 bits per heavy atom. The van der Waals surface area contributed by atoms with Gasteiger partial charge in [0.05, 0.1) is 5.69 Å². The lowest BCUT2D eigenvalue weighted by molar-refractivity contribution is 0.0926. The van der Waals surface area contributed by atoms with Crippen LogP contribution in [0.2, 0.25) is 0 Å². The van der Waals surface area contributed by atoms with Crippen molar-refractivity contribution in [2.24, 2.45) is 7.05 Å². The van der Waals surface area contributed by atoms with Crippen LogP contribution in [0.15, 0.2) is 65.5 Å². The minimum absolute atomic E-state index is 0.123. The maximum atomic E-state index is 13.3. The number of carbonyl (C=O) groups is 1. The Labute approximate surface area is 170 Å². The summed E-state index contributed by atoms with van der Waals surface area (Å²) in [6.45, 7) is 0. The molecular weight excluding hydrogens is 362 g/mol. The second-order valence-corrected chi connectivity index (χ2v) is 7.57. The fourth-order valence-electron chi connectivity index (χ4n) is 4.03. The smallest absolute Gasteiger partial charge is 0.280 e. The zero-order chi connectivity index (χ0) is 20.2. The highest BCUT2D eigenvalue weighted by atomic mass is 16.2. The number of carbonyl (C=O) groups excluding carboxylic acids is 1. The van der Waals surface area contributed by atoms with Crippen LogP contribution in [0, 0.1) is 0 Å². The van der Waals surface area contributed by atoms with E-state index in [2.05, 4.69) is 10.4 Å². The van der Waals surface area contributed by atoms with Gasteiger partial charge in [-0.25, -0.2) is 4.68 Å². The first-order valence-corrected chi connectivity index (χ1v) is 10.2. The highest BCUT2D eigenvalue weighted by Crippen LogP contribution is 2.32. The van der Waals surface area contributed by atoms with E-state index in [-0.39, 0.29) is 23.1 Å². The largest absolute Gasteiger partial charge is 0.349 e. The fourth-order valence-corrected chi connectivity index (χ4v) is 4.03. The molecular formula is C24H25N3O2. The lowest BCUT2D eigenvalue weighted by atomic mass is 9.93. The second-order valence-electron chi connectivity index (χ2n) is 7.57. The van der Waals surface area contributed by atoms with Crippen LogP contribution in [0.25, 0.3) is 22.4 Å². The van der Waals surface area contributed by atoms with Gasteiger partial charge in [-0.3, -0.25) is 9.59 Å². The normalized spacial score (nSPS) is 14.5. The third kappa shape index (κ3) is 3.99. The number of aryl methyl sites for hydroxylation is 1. The van der Waals surface area contributed by atoms with Crippen molar-refractivity contribution in [3.05, 3.63) is 76.6 Å². The van der Waals surface area contributed by atoms with Crippen molar-refractivity contribution in [2.45, 2.75) is 38.1 Å². The molecule has 0 unspecified atom stereocenters. The van der Waals surface area contributed by atoms with Crippen molar-refractivity contribution in [3.63, 3.8) is 0 Å². The predicted octanol–water partition coefficient (Wildman–Crippen LogP) is 4.18.